The van der Waals surface area contributed by atoms with Crippen LogP contribution in [-0.4, -0.2) is 33.4 Å². The number of carbonyl (C=O) groups is 2. The van der Waals surface area contributed by atoms with Crippen molar-refractivity contribution in [3.05, 3.63) is 51.8 Å². The predicted molar refractivity (Wildman–Crippen MR) is 106 cm³/mol. The summed E-state index contributed by atoms with van der Waals surface area (Å²) in [5.41, 5.74) is 2.48. The van der Waals surface area contributed by atoms with Crippen molar-refractivity contribution in [2.24, 2.45) is 7.05 Å². The van der Waals surface area contributed by atoms with Gasteiger partial charge in [-0.25, -0.2) is 0 Å². The van der Waals surface area contributed by atoms with Gasteiger partial charge in [0.05, 0.1) is 12.1 Å². The van der Waals surface area contributed by atoms with Gasteiger partial charge in [0.15, 0.2) is 5.78 Å². The summed E-state index contributed by atoms with van der Waals surface area (Å²) in [6.07, 6.45) is 3.03. The number of amides is 1. The van der Waals surface area contributed by atoms with Crippen molar-refractivity contribution in [3.63, 3.8) is 0 Å². The molecule has 27 heavy (non-hydrogen) atoms. The molecule has 0 radical (unpaired) electrons. The van der Waals surface area contributed by atoms with E-state index in [1.807, 2.05) is 39.1 Å². The van der Waals surface area contributed by atoms with Gasteiger partial charge in [0.1, 0.15) is 5.54 Å². The molecule has 0 spiro atoms. The predicted octanol–water partition coefficient (Wildman–Crippen LogP) is 3.73. The van der Waals surface area contributed by atoms with E-state index in [0.29, 0.717) is 17.9 Å². The highest BCUT2D eigenvalue weighted by molar-refractivity contribution is 6.31. The first-order valence-corrected chi connectivity index (χ1v) is 9.71. The average molecular weight is 388 g/mol. The van der Waals surface area contributed by atoms with Crippen molar-refractivity contribution in [1.82, 2.24) is 14.7 Å². The van der Waals surface area contributed by atoms with Gasteiger partial charge in [-0.2, -0.15) is 5.10 Å². The van der Waals surface area contributed by atoms with Gasteiger partial charge in [-0.05, 0) is 39.2 Å². The molecule has 0 bridgehead atoms. The smallest absolute Gasteiger partial charge is 0.227 e. The molecule has 1 amide bonds. The number of benzene rings is 1. The maximum atomic E-state index is 13.3. The molecule has 1 heterocycles. The molecule has 2 aromatic rings. The van der Waals surface area contributed by atoms with Crippen LogP contribution in [0.5, 0.6) is 0 Å². The molecule has 5 nitrogen and oxygen atoms in total. The van der Waals surface area contributed by atoms with Crippen molar-refractivity contribution >= 4 is 23.3 Å². The van der Waals surface area contributed by atoms with Gasteiger partial charge in [0.25, 0.3) is 0 Å². The molecule has 1 atom stereocenters. The first-order chi connectivity index (χ1) is 12.8. The van der Waals surface area contributed by atoms with Gasteiger partial charge >= 0.3 is 0 Å². The number of aromatic nitrogens is 2. The van der Waals surface area contributed by atoms with Gasteiger partial charge in [-0.1, -0.05) is 29.8 Å². The average Bonchev–Trinajstić information content (AvgIpc) is 2.88. The fourth-order valence-corrected chi connectivity index (χ4v) is 4.48. The topological polar surface area (TPSA) is 55.2 Å². The quantitative estimate of drug-likeness (QED) is 0.803. The first kappa shape index (κ1) is 19.6. The minimum Gasteiger partial charge on any atom is -0.329 e. The lowest BCUT2D eigenvalue weighted by Crippen LogP contribution is -2.54. The Morgan fingerprint density at radius 3 is 2.59 bits per heavy atom. The van der Waals surface area contributed by atoms with Gasteiger partial charge in [0.2, 0.25) is 5.91 Å². The molecule has 3 rings (SSSR count). The summed E-state index contributed by atoms with van der Waals surface area (Å²) in [6.45, 7) is 3.86. The number of nitrogens with zero attached hydrogens (tertiary/aromatic N) is 3. The normalized spacial score (nSPS) is 20.0. The van der Waals surface area contributed by atoms with Gasteiger partial charge in [0, 0.05) is 42.4 Å². The van der Waals surface area contributed by atoms with Crippen LogP contribution >= 0.6 is 11.6 Å². The fourth-order valence-electron chi connectivity index (χ4n) is 4.19. The van der Waals surface area contributed by atoms with E-state index < -0.39 is 5.54 Å². The number of rotatable bonds is 4. The summed E-state index contributed by atoms with van der Waals surface area (Å²) < 4.78 is 1.79. The fraction of sp³-hybridized carbons (Fsp3) is 0.476. The van der Waals surface area contributed by atoms with E-state index in [0.717, 1.165) is 35.4 Å². The van der Waals surface area contributed by atoms with E-state index in [-0.39, 0.29) is 18.1 Å². The van der Waals surface area contributed by atoms with Crippen molar-refractivity contribution in [1.29, 1.82) is 0 Å². The highest BCUT2D eigenvalue weighted by Crippen LogP contribution is 2.42. The van der Waals surface area contributed by atoms with Crippen LogP contribution < -0.4 is 0 Å². The van der Waals surface area contributed by atoms with Crippen LogP contribution in [0.1, 0.15) is 48.2 Å². The van der Waals surface area contributed by atoms with Crippen LogP contribution in [0.4, 0.5) is 0 Å². The van der Waals surface area contributed by atoms with Crippen LogP contribution in [0.3, 0.4) is 0 Å². The molecule has 1 aliphatic rings. The Kier molecular flexibility index (Phi) is 5.43. The third kappa shape index (κ3) is 3.29. The molecule has 1 aromatic heterocycles. The molecule has 144 valence electrons. The summed E-state index contributed by atoms with van der Waals surface area (Å²) in [6, 6.07) is 7.37. The largest absolute Gasteiger partial charge is 0.329 e. The second-order valence-corrected chi connectivity index (χ2v) is 7.78. The zero-order chi connectivity index (χ0) is 19.8. The van der Waals surface area contributed by atoms with E-state index in [4.69, 9.17) is 11.6 Å². The number of hydrogen-bond donors (Lipinski definition) is 0. The number of carbonyl (C=O) groups excluding carboxylic acids is 2. The molecule has 1 fully saturated rings. The highest BCUT2D eigenvalue weighted by Gasteiger charge is 2.47. The Balaban J connectivity index is 2.01. The van der Waals surface area contributed by atoms with Crippen molar-refractivity contribution < 1.29 is 9.59 Å². The summed E-state index contributed by atoms with van der Waals surface area (Å²) in [4.78, 5) is 28.0. The molecule has 0 saturated heterocycles. The van der Waals surface area contributed by atoms with E-state index in [9.17, 15) is 9.59 Å². The number of aryl methyl sites for hydroxylation is 2. The molecule has 1 aliphatic carbocycles. The second kappa shape index (κ2) is 7.47. The van der Waals surface area contributed by atoms with Gasteiger partial charge < -0.3 is 4.90 Å². The lowest BCUT2D eigenvalue weighted by molar-refractivity contribution is -0.147. The number of hydrogen-bond acceptors (Lipinski definition) is 3. The minimum absolute atomic E-state index is 0.0670. The Morgan fingerprint density at radius 1 is 1.30 bits per heavy atom. The maximum Gasteiger partial charge on any atom is 0.227 e. The molecule has 0 N–H and O–H groups in total. The minimum atomic E-state index is -0.988. The second-order valence-electron chi connectivity index (χ2n) is 7.37. The summed E-state index contributed by atoms with van der Waals surface area (Å²) in [5, 5.41) is 4.93. The monoisotopic (exact) mass is 387 g/mol. The molecular formula is C21H26ClN3O2. The van der Waals surface area contributed by atoms with E-state index in [1.54, 1.807) is 22.7 Å². The standard InChI is InChI=1S/C21H26ClN3O2/c1-14-16(15(2)25(4)23-14)13-20(27)24(3)21(12-8-7-11-19(21)26)17-9-5-6-10-18(17)22/h5-6,9-10H,7-8,11-13H2,1-4H3. The summed E-state index contributed by atoms with van der Waals surface area (Å²) in [7, 11) is 3.60. The third-order valence-electron chi connectivity index (χ3n) is 5.91. The molecule has 1 saturated carbocycles. The zero-order valence-electron chi connectivity index (χ0n) is 16.4. The summed E-state index contributed by atoms with van der Waals surface area (Å²) in [5.74, 6) is -0.0262. The van der Waals surface area contributed by atoms with Gasteiger partial charge in [-0.15, -0.1) is 0 Å². The molecule has 0 aliphatic heterocycles. The van der Waals surface area contributed by atoms with Crippen LogP contribution in [0.15, 0.2) is 24.3 Å². The van der Waals surface area contributed by atoms with Crippen LogP contribution in [0.25, 0.3) is 0 Å². The number of ketones is 1. The molecule has 6 heteroatoms. The molecule has 1 aromatic carbocycles. The lowest BCUT2D eigenvalue weighted by atomic mass is 9.74. The Labute approximate surface area is 165 Å². The van der Waals surface area contributed by atoms with Crippen molar-refractivity contribution in [2.75, 3.05) is 7.05 Å². The Hall–Kier alpha value is -2.14. The number of likely N-dealkylation sites (N-methyl/N-ethyl adjacent to an activating group) is 1. The van der Waals surface area contributed by atoms with E-state index in [2.05, 4.69) is 5.10 Å². The van der Waals surface area contributed by atoms with Crippen LogP contribution in [0.2, 0.25) is 5.02 Å². The van der Waals surface area contributed by atoms with E-state index >= 15 is 0 Å². The zero-order valence-corrected chi connectivity index (χ0v) is 17.1. The van der Waals surface area contributed by atoms with Crippen LogP contribution in [-0.2, 0) is 28.6 Å². The van der Waals surface area contributed by atoms with E-state index in [1.165, 1.54) is 0 Å². The maximum absolute atomic E-state index is 13.3. The highest BCUT2D eigenvalue weighted by atomic mass is 35.5. The van der Waals surface area contributed by atoms with Gasteiger partial charge in [-0.3, -0.25) is 14.3 Å². The molecule has 1 unspecified atom stereocenters. The SMILES string of the molecule is Cc1nn(C)c(C)c1CC(=O)N(C)C1(c2ccccc2Cl)CCCCC1=O. The third-order valence-corrected chi connectivity index (χ3v) is 6.24. The number of halogens is 1. The lowest BCUT2D eigenvalue weighted by Gasteiger charge is -2.44. The molecular weight excluding hydrogens is 362 g/mol. The van der Waals surface area contributed by atoms with Crippen molar-refractivity contribution in [3.8, 4) is 0 Å². The first-order valence-electron chi connectivity index (χ1n) is 9.33. The number of Topliss-reactive ketones (excluding diaryl/α,β-unsaturated/α-hetero) is 1. The van der Waals surface area contributed by atoms with Crippen LogP contribution in [0, 0.1) is 13.8 Å². The Bertz CT molecular complexity index is 890. The summed E-state index contributed by atoms with van der Waals surface area (Å²) >= 11 is 6.47. The van der Waals surface area contributed by atoms with Crippen molar-refractivity contribution in [2.45, 2.75) is 51.5 Å². The Morgan fingerprint density at radius 2 is 2.00 bits per heavy atom.